The second-order valence-corrected chi connectivity index (χ2v) is 6.57. The largest absolute Gasteiger partial charge is 0.480 e. The molecule has 6 nitrogen and oxygen atoms in total. The van der Waals surface area contributed by atoms with Crippen molar-refractivity contribution in [2.24, 2.45) is 0 Å². The first-order chi connectivity index (χ1) is 12.8. The quantitative estimate of drug-likeness (QED) is 0.727. The van der Waals surface area contributed by atoms with Crippen LogP contribution in [0.2, 0.25) is 5.02 Å². The summed E-state index contributed by atoms with van der Waals surface area (Å²) in [7, 11) is 0. The lowest BCUT2D eigenvalue weighted by Crippen LogP contribution is -2.38. The lowest BCUT2D eigenvalue weighted by Gasteiger charge is -2.25. The molecule has 2 aromatic rings. The van der Waals surface area contributed by atoms with Gasteiger partial charge in [0.2, 0.25) is 11.8 Å². The van der Waals surface area contributed by atoms with Gasteiger partial charge in [0.1, 0.15) is 6.54 Å². The van der Waals surface area contributed by atoms with Gasteiger partial charge in [0.15, 0.2) is 0 Å². The molecule has 2 rings (SSSR count). The third-order valence-corrected chi connectivity index (χ3v) is 4.18. The van der Waals surface area contributed by atoms with E-state index in [1.807, 2.05) is 30.3 Å². The Labute approximate surface area is 162 Å². The fourth-order valence-electron chi connectivity index (χ4n) is 2.70. The third kappa shape index (κ3) is 6.75. The molecule has 0 aliphatic rings. The molecular weight excluding hydrogens is 368 g/mol. The standard InChI is InChI=1S/C20H21ClN2O4/c1-14(24)22-18(16-7-9-17(21)10-8-16)11-19(25)23(13-20(26)27)12-15-5-3-2-4-6-15/h2-10,18H,11-13H2,1H3,(H,22,24)(H,26,27). The summed E-state index contributed by atoms with van der Waals surface area (Å²) in [6.45, 7) is 1.13. The van der Waals surface area contributed by atoms with Gasteiger partial charge < -0.3 is 15.3 Å². The molecule has 0 saturated carbocycles. The highest BCUT2D eigenvalue weighted by molar-refractivity contribution is 6.30. The van der Waals surface area contributed by atoms with E-state index in [1.165, 1.54) is 11.8 Å². The number of benzene rings is 2. The number of nitrogens with one attached hydrogen (secondary N) is 1. The molecule has 7 heteroatoms. The molecule has 1 unspecified atom stereocenters. The maximum atomic E-state index is 12.8. The Morgan fingerprint density at radius 3 is 2.26 bits per heavy atom. The Morgan fingerprint density at radius 1 is 1.07 bits per heavy atom. The van der Waals surface area contributed by atoms with Crippen LogP contribution in [0.5, 0.6) is 0 Å². The second-order valence-electron chi connectivity index (χ2n) is 6.14. The van der Waals surface area contributed by atoms with Crippen LogP contribution in [0.15, 0.2) is 54.6 Å². The number of aliphatic carboxylic acids is 1. The minimum Gasteiger partial charge on any atom is -0.480 e. The molecule has 0 heterocycles. The van der Waals surface area contributed by atoms with Crippen LogP contribution in [-0.2, 0) is 20.9 Å². The summed E-state index contributed by atoms with van der Waals surface area (Å²) in [6, 6.07) is 15.4. The number of nitrogens with zero attached hydrogens (tertiary/aromatic N) is 1. The van der Waals surface area contributed by atoms with E-state index in [9.17, 15) is 14.4 Å². The van der Waals surface area contributed by atoms with E-state index in [-0.39, 0.29) is 24.8 Å². The van der Waals surface area contributed by atoms with Crippen LogP contribution >= 0.6 is 11.6 Å². The molecule has 0 spiro atoms. The summed E-state index contributed by atoms with van der Waals surface area (Å²) in [4.78, 5) is 36.8. The molecule has 0 aliphatic carbocycles. The Kier molecular flexibility index (Phi) is 7.37. The third-order valence-electron chi connectivity index (χ3n) is 3.92. The minimum absolute atomic E-state index is 0.0542. The first kappa shape index (κ1) is 20.5. The number of carboxylic acids is 1. The summed E-state index contributed by atoms with van der Waals surface area (Å²) in [5, 5.41) is 12.4. The van der Waals surface area contributed by atoms with Crippen molar-refractivity contribution in [1.82, 2.24) is 10.2 Å². The van der Waals surface area contributed by atoms with Gasteiger partial charge in [0, 0.05) is 18.5 Å². The van der Waals surface area contributed by atoms with Crippen LogP contribution in [0.25, 0.3) is 0 Å². The lowest BCUT2D eigenvalue weighted by atomic mass is 10.0. The van der Waals surface area contributed by atoms with Crippen molar-refractivity contribution >= 4 is 29.4 Å². The summed E-state index contributed by atoms with van der Waals surface area (Å²) in [5.74, 6) is -1.74. The van der Waals surface area contributed by atoms with Gasteiger partial charge in [-0.15, -0.1) is 0 Å². The van der Waals surface area contributed by atoms with Crippen molar-refractivity contribution in [3.63, 3.8) is 0 Å². The smallest absolute Gasteiger partial charge is 0.323 e. The van der Waals surface area contributed by atoms with Crippen molar-refractivity contribution in [2.75, 3.05) is 6.54 Å². The molecule has 0 aromatic heterocycles. The fourth-order valence-corrected chi connectivity index (χ4v) is 2.82. The zero-order valence-corrected chi connectivity index (χ0v) is 15.6. The predicted molar refractivity (Wildman–Crippen MR) is 102 cm³/mol. The van der Waals surface area contributed by atoms with Crippen molar-refractivity contribution in [2.45, 2.75) is 25.9 Å². The predicted octanol–water partition coefficient (Wildman–Crippen LogP) is 3.02. The SMILES string of the molecule is CC(=O)NC(CC(=O)N(CC(=O)O)Cc1ccccc1)c1ccc(Cl)cc1. The van der Waals surface area contributed by atoms with Crippen LogP contribution in [0.4, 0.5) is 0 Å². The molecule has 0 fully saturated rings. The van der Waals surface area contributed by atoms with Gasteiger partial charge in [-0.1, -0.05) is 54.1 Å². The molecule has 27 heavy (non-hydrogen) atoms. The number of hydrogen-bond donors (Lipinski definition) is 2. The zero-order chi connectivity index (χ0) is 19.8. The van der Waals surface area contributed by atoms with E-state index in [2.05, 4.69) is 5.32 Å². The lowest BCUT2D eigenvalue weighted by molar-refractivity contribution is -0.145. The van der Waals surface area contributed by atoms with Gasteiger partial charge in [-0.05, 0) is 23.3 Å². The summed E-state index contributed by atoms with van der Waals surface area (Å²) < 4.78 is 0. The van der Waals surface area contributed by atoms with Crippen molar-refractivity contribution in [3.05, 3.63) is 70.7 Å². The van der Waals surface area contributed by atoms with Crippen LogP contribution in [0.1, 0.15) is 30.5 Å². The molecule has 142 valence electrons. The molecular formula is C20H21ClN2O4. The monoisotopic (exact) mass is 388 g/mol. The second kappa shape index (κ2) is 9.73. The van der Waals surface area contributed by atoms with E-state index in [1.54, 1.807) is 24.3 Å². The van der Waals surface area contributed by atoms with Crippen molar-refractivity contribution < 1.29 is 19.5 Å². The Bertz CT molecular complexity index is 793. The van der Waals surface area contributed by atoms with E-state index < -0.39 is 18.6 Å². The Morgan fingerprint density at radius 2 is 1.70 bits per heavy atom. The van der Waals surface area contributed by atoms with Gasteiger partial charge in [0.05, 0.1) is 12.5 Å². The van der Waals surface area contributed by atoms with E-state index in [0.29, 0.717) is 5.02 Å². The topological polar surface area (TPSA) is 86.7 Å². The van der Waals surface area contributed by atoms with Crippen LogP contribution in [-0.4, -0.2) is 34.3 Å². The van der Waals surface area contributed by atoms with E-state index >= 15 is 0 Å². The first-order valence-electron chi connectivity index (χ1n) is 8.41. The molecule has 0 saturated heterocycles. The maximum absolute atomic E-state index is 12.8. The van der Waals surface area contributed by atoms with Gasteiger partial charge in [-0.3, -0.25) is 14.4 Å². The van der Waals surface area contributed by atoms with Crippen LogP contribution < -0.4 is 5.32 Å². The van der Waals surface area contributed by atoms with E-state index in [0.717, 1.165) is 11.1 Å². The number of amides is 2. The highest BCUT2D eigenvalue weighted by atomic mass is 35.5. The first-order valence-corrected chi connectivity index (χ1v) is 8.79. The maximum Gasteiger partial charge on any atom is 0.323 e. The van der Waals surface area contributed by atoms with Gasteiger partial charge in [-0.2, -0.15) is 0 Å². The van der Waals surface area contributed by atoms with Crippen LogP contribution in [0.3, 0.4) is 0 Å². The zero-order valence-electron chi connectivity index (χ0n) is 14.9. The van der Waals surface area contributed by atoms with E-state index in [4.69, 9.17) is 16.7 Å². The molecule has 0 bridgehead atoms. The van der Waals surface area contributed by atoms with Gasteiger partial charge >= 0.3 is 5.97 Å². The molecule has 2 amide bonds. The average molecular weight is 389 g/mol. The number of halogens is 1. The molecule has 0 aliphatic heterocycles. The number of rotatable bonds is 8. The number of carboxylic acid groups (broad SMARTS) is 1. The fraction of sp³-hybridized carbons (Fsp3) is 0.250. The highest BCUT2D eigenvalue weighted by Gasteiger charge is 2.23. The number of hydrogen-bond acceptors (Lipinski definition) is 3. The summed E-state index contributed by atoms with van der Waals surface area (Å²) in [5.41, 5.74) is 1.55. The molecule has 1 atom stereocenters. The Balaban J connectivity index is 2.18. The Hall–Kier alpha value is -2.86. The summed E-state index contributed by atoms with van der Waals surface area (Å²) >= 11 is 5.90. The molecule has 2 N–H and O–H groups in total. The van der Waals surface area contributed by atoms with Gasteiger partial charge in [0.25, 0.3) is 0 Å². The normalized spacial score (nSPS) is 11.5. The average Bonchev–Trinajstić information content (AvgIpc) is 2.61. The molecule has 0 radical (unpaired) electrons. The highest BCUT2D eigenvalue weighted by Crippen LogP contribution is 2.21. The van der Waals surface area contributed by atoms with Crippen LogP contribution in [0, 0.1) is 0 Å². The minimum atomic E-state index is -1.10. The van der Waals surface area contributed by atoms with Crippen molar-refractivity contribution in [3.8, 4) is 0 Å². The number of carbonyl (C=O) groups excluding carboxylic acids is 2. The summed E-state index contributed by atoms with van der Waals surface area (Å²) in [6.07, 6.45) is -0.0542. The van der Waals surface area contributed by atoms with Gasteiger partial charge in [-0.25, -0.2) is 0 Å². The van der Waals surface area contributed by atoms with Crippen molar-refractivity contribution in [1.29, 1.82) is 0 Å². The number of carbonyl (C=O) groups is 3. The molecule has 2 aromatic carbocycles.